The van der Waals surface area contributed by atoms with Crippen molar-refractivity contribution < 1.29 is 4.79 Å². The Labute approximate surface area is 136 Å². The van der Waals surface area contributed by atoms with Crippen molar-refractivity contribution in [3.63, 3.8) is 0 Å². The highest BCUT2D eigenvalue weighted by atomic mass is 32.2. The van der Waals surface area contributed by atoms with Crippen LogP contribution >= 0.6 is 11.8 Å². The molecule has 120 valence electrons. The summed E-state index contributed by atoms with van der Waals surface area (Å²) in [5, 5.41) is 3.91. The molecule has 0 aromatic carbocycles. The Balaban J connectivity index is 1.50. The van der Waals surface area contributed by atoms with Crippen molar-refractivity contribution in [1.29, 1.82) is 0 Å². The van der Waals surface area contributed by atoms with Crippen LogP contribution < -0.4 is 5.32 Å². The summed E-state index contributed by atoms with van der Waals surface area (Å²) in [5.74, 6) is 0.497. The Morgan fingerprint density at radius 3 is 2.82 bits per heavy atom. The second-order valence-electron chi connectivity index (χ2n) is 6.28. The quantitative estimate of drug-likeness (QED) is 0.678. The van der Waals surface area contributed by atoms with E-state index in [4.69, 9.17) is 0 Å². The van der Waals surface area contributed by atoms with Gasteiger partial charge >= 0.3 is 0 Å². The highest BCUT2D eigenvalue weighted by molar-refractivity contribution is 7.99. The van der Waals surface area contributed by atoms with E-state index >= 15 is 0 Å². The number of thioether (sulfide) groups is 1. The second-order valence-corrected chi connectivity index (χ2v) is 7.23. The predicted molar refractivity (Wildman–Crippen MR) is 88.0 cm³/mol. The normalized spacial score (nSPS) is 25.0. The van der Waals surface area contributed by atoms with Gasteiger partial charge in [-0.2, -0.15) is 0 Å². The van der Waals surface area contributed by atoms with Crippen molar-refractivity contribution in [2.75, 3.05) is 18.8 Å². The molecule has 2 fully saturated rings. The zero-order valence-corrected chi connectivity index (χ0v) is 14.2. The van der Waals surface area contributed by atoms with Crippen molar-refractivity contribution in [3.05, 3.63) is 17.5 Å². The van der Waals surface area contributed by atoms with Gasteiger partial charge in [-0.3, -0.25) is 9.69 Å². The molecular weight excluding hydrogens is 296 g/mol. The van der Waals surface area contributed by atoms with E-state index in [0.29, 0.717) is 23.0 Å². The molecule has 1 aromatic heterocycles. The first-order valence-corrected chi connectivity index (χ1v) is 9.09. The van der Waals surface area contributed by atoms with E-state index in [9.17, 15) is 4.79 Å². The third-order valence-electron chi connectivity index (χ3n) is 4.50. The maximum atomic E-state index is 12.2. The largest absolute Gasteiger partial charge is 0.351 e. The highest BCUT2D eigenvalue weighted by Gasteiger charge is 2.36. The Kier molecular flexibility index (Phi) is 4.98. The number of piperidine rings is 1. The summed E-state index contributed by atoms with van der Waals surface area (Å²) in [6, 6.07) is 2.83. The fraction of sp³-hybridized carbons (Fsp3) is 0.688. The number of carbonyl (C=O) groups is 1. The van der Waals surface area contributed by atoms with Gasteiger partial charge in [-0.15, -0.1) is 0 Å². The summed E-state index contributed by atoms with van der Waals surface area (Å²) in [6.45, 7) is 6.23. The summed E-state index contributed by atoms with van der Waals surface area (Å²) in [5.41, 5.74) is 1.90. The molecule has 0 spiro atoms. The maximum absolute atomic E-state index is 12.2. The Morgan fingerprint density at radius 2 is 2.05 bits per heavy atom. The van der Waals surface area contributed by atoms with E-state index in [0.717, 1.165) is 24.4 Å². The van der Waals surface area contributed by atoms with E-state index in [1.165, 1.54) is 37.6 Å². The van der Waals surface area contributed by atoms with Gasteiger partial charge < -0.3 is 5.32 Å². The second kappa shape index (κ2) is 6.96. The van der Waals surface area contributed by atoms with Crippen molar-refractivity contribution in [1.82, 2.24) is 20.2 Å². The van der Waals surface area contributed by atoms with Crippen LogP contribution in [0.5, 0.6) is 0 Å². The first-order valence-electron chi connectivity index (χ1n) is 8.10. The van der Waals surface area contributed by atoms with Gasteiger partial charge in [-0.05, 0) is 45.7 Å². The number of aromatic nitrogens is 2. The third-order valence-corrected chi connectivity index (χ3v) is 5.34. The smallest absolute Gasteiger partial charge is 0.230 e. The number of amides is 1. The lowest BCUT2D eigenvalue weighted by atomic mass is 9.99. The molecule has 2 aliphatic rings. The van der Waals surface area contributed by atoms with Gasteiger partial charge in [0.15, 0.2) is 5.16 Å². The predicted octanol–water partition coefficient (Wildman–Crippen LogP) is 1.93. The van der Waals surface area contributed by atoms with Gasteiger partial charge in [0, 0.05) is 30.0 Å². The minimum atomic E-state index is 0.102. The third kappa shape index (κ3) is 3.79. The van der Waals surface area contributed by atoms with Gasteiger partial charge in [0.1, 0.15) is 0 Å². The van der Waals surface area contributed by atoms with E-state index < -0.39 is 0 Å². The van der Waals surface area contributed by atoms with Crippen molar-refractivity contribution >= 4 is 17.7 Å². The van der Waals surface area contributed by atoms with E-state index in [2.05, 4.69) is 20.2 Å². The number of nitrogens with zero attached hydrogens (tertiary/aromatic N) is 3. The Morgan fingerprint density at radius 1 is 1.27 bits per heavy atom. The van der Waals surface area contributed by atoms with E-state index in [1.807, 2.05) is 19.9 Å². The van der Waals surface area contributed by atoms with E-state index in [1.54, 1.807) is 0 Å². The molecule has 1 amide bonds. The molecule has 1 aromatic rings. The molecule has 3 heterocycles. The summed E-state index contributed by atoms with van der Waals surface area (Å²) < 4.78 is 0. The van der Waals surface area contributed by atoms with E-state index in [-0.39, 0.29) is 5.91 Å². The van der Waals surface area contributed by atoms with Gasteiger partial charge in [0.05, 0.1) is 5.75 Å². The molecule has 0 aliphatic carbocycles. The number of fused-ring (bicyclic) bond motifs is 1. The number of rotatable bonds is 4. The summed E-state index contributed by atoms with van der Waals surface area (Å²) in [4.78, 5) is 23.5. The molecule has 2 saturated heterocycles. The minimum Gasteiger partial charge on any atom is -0.351 e. The van der Waals surface area contributed by atoms with Crippen LogP contribution in [-0.4, -0.2) is 51.7 Å². The number of nitrogens with one attached hydrogen (secondary N) is 1. The lowest BCUT2D eigenvalue weighted by molar-refractivity contribution is -0.119. The number of hydrogen-bond acceptors (Lipinski definition) is 5. The van der Waals surface area contributed by atoms with Crippen molar-refractivity contribution in [3.8, 4) is 0 Å². The number of hydrogen-bond donors (Lipinski definition) is 1. The SMILES string of the molecule is Cc1cc(C)nc(SCC(=O)N[C@@H]2CCN3CCCC[C@@H]23)n1. The fourth-order valence-electron chi connectivity index (χ4n) is 3.55. The van der Waals surface area contributed by atoms with Crippen LogP contribution in [0, 0.1) is 13.8 Å². The first kappa shape index (κ1) is 15.7. The van der Waals surface area contributed by atoms with Gasteiger partial charge in [0.2, 0.25) is 5.91 Å². The van der Waals surface area contributed by atoms with Crippen LogP contribution in [0.2, 0.25) is 0 Å². The Bertz CT molecular complexity index is 531. The molecule has 1 N–H and O–H groups in total. The molecule has 0 unspecified atom stereocenters. The molecule has 0 bridgehead atoms. The zero-order chi connectivity index (χ0) is 15.5. The van der Waals surface area contributed by atoms with Gasteiger partial charge in [-0.1, -0.05) is 18.2 Å². The van der Waals surface area contributed by atoms with Gasteiger partial charge in [-0.25, -0.2) is 9.97 Å². The summed E-state index contributed by atoms with van der Waals surface area (Å²) in [7, 11) is 0. The molecular formula is C16H24N4OS. The van der Waals surface area contributed by atoms with Crippen molar-refractivity contribution in [2.24, 2.45) is 0 Å². The standard InChI is InChI=1S/C16H24N4OS/c1-11-9-12(2)18-16(17-11)22-10-15(21)19-13-6-8-20-7-4-3-5-14(13)20/h9,13-14H,3-8,10H2,1-2H3,(H,19,21)/t13-,14+/m1/s1. The summed E-state index contributed by atoms with van der Waals surface area (Å²) >= 11 is 1.42. The number of aryl methyl sites for hydroxylation is 2. The van der Waals surface area contributed by atoms with Gasteiger partial charge in [0.25, 0.3) is 0 Å². The Hall–Kier alpha value is -1.14. The average Bonchev–Trinajstić information content (AvgIpc) is 2.88. The first-order chi connectivity index (χ1) is 10.6. The average molecular weight is 320 g/mol. The van der Waals surface area contributed by atoms with Crippen molar-refractivity contribution in [2.45, 2.75) is 56.8 Å². The molecule has 22 heavy (non-hydrogen) atoms. The van der Waals surface area contributed by atoms with Crippen LogP contribution in [-0.2, 0) is 4.79 Å². The fourth-order valence-corrected chi connectivity index (χ4v) is 4.31. The topological polar surface area (TPSA) is 58.1 Å². The molecule has 2 atom stereocenters. The van der Waals surface area contributed by atoms with Crippen LogP contribution in [0.4, 0.5) is 0 Å². The lowest BCUT2D eigenvalue weighted by Crippen LogP contribution is -2.47. The summed E-state index contributed by atoms with van der Waals surface area (Å²) in [6.07, 6.45) is 4.90. The minimum absolute atomic E-state index is 0.102. The van der Waals surface area contributed by atoms with Crippen LogP contribution in [0.1, 0.15) is 37.1 Å². The molecule has 6 heteroatoms. The monoisotopic (exact) mass is 320 g/mol. The zero-order valence-electron chi connectivity index (χ0n) is 13.3. The number of carbonyl (C=O) groups excluding carboxylic acids is 1. The lowest BCUT2D eigenvalue weighted by Gasteiger charge is -2.32. The van der Waals surface area contributed by atoms with Crippen LogP contribution in [0.25, 0.3) is 0 Å². The molecule has 5 nitrogen and oxygen atoms in total. The maximum Gasteiger partial charge on any atom is 0.230 e. The van der Waals surface area contributed by atoms with Crippen LogP contribution in [0.15, 0.2) is 11.2 Å². The highest BCUT2D eigenvalue weighted by Crippen LogP contribution is 2.27. The molecule has 0 saturated carbocycles. The molecule has 2 aliphatic heterocycles. The van der Waals surface area contributed by atoms with Crippen LogP contribution in [0.3, 0.4) is 0 Å². The molecule has 3 rings (SSSR count). The molecule has 0 radical (unpaired) electrons.